The third kappa shape index (κ3) is 3.99. The van der Waals surface area contributed by atoms with Crippen molar-refractivity contribution < 1.29 is 9.32 Å². The summed E-state index contributed by atoms with van der Waals surface area (Å²) in [5, 5.41) is 11.3. The molecular weight excluding hydrogens is 372 g/mol. The maximum atomic E-state index is 12.7. The van der Waals surface area contributed by atoms with Crippen molar-refractivity contribution in [2.24, 2.45) is 5.41 Å². The highest BCUT2D eigenvalue weighted by Crippen LogP contribution is 2.36. The molecule has 1 N–H and O–H groups in total. The van der Waals surface area contributed by atoms with Crippen LogP contribution >= 0.6 is 11.8 Å². The van der Waals surface area contributed by atoms with Crippen LogP contribution in [0.15, 0.2) is 46.1 Å². The van der Waals surface area contributed by atoms with Gasteiger partial charge in [-0.3, -0.25) is 9.48 Å². The van der Waals surface area contributed by atoms with Crippen LogP contribution in [0.4, 0.5) is 5.69 Å². The molecule has 0 aliphatic heterocycles. The lowest BCUT2D eigenvalue weighted by molar-refractivity contribution is 0.101. The molecule has 0 saturated heterocycles. The van der Waals surface area contributed by atoms with Crippen molar-refractivity contribution in [2.75, 3.05) is 11.6 Å². The second kappa shape index (κ2) is 7.47. The number of thioether (sulfide) groups is 1. The average molecular weight is 397 g/mol. The van der Waals surface area contributed by atoms with Crippen molar-refractivity contribution in [1.29, 1.82) is 0 Å². The molecule has 0 saturated carbocycles. The van der Waals surface area contributed by atoms with Crippen LogP contribution in [0.1, 0.15) is 47.6 Å². The largest absolute Gasteiger partial charge is 0.360 e. The molecule has 6 nitrogen and oxygen atoms in total. The Morgan fingerprint density at radius 3 is 2.86 bits per heavy atom. The Morgan fingerprint density at radius 2 is 2.11 bits per heavy atom. The lowest BCUT2D eigenvalue weighted by Crippen LogP contribution is -2.24. The summed E-state index contributed by atoms with van der Waals surface area (Å²) in [5.74, 6) is 0.598. The molecule has 0 fully saturated rings. The Hall–Kier alpha value is -2.54. The predicted octanol–water partition coefficient (Wildman–Crippen LogP) is 4.41. The van der Waals surface area contributed by atoms with Crippen LogP contribution in [0, 0.1) is 5.41 Å². The first kappa shape index (κ1) is 18.8. The van der Waals surface area contributed by atoms with E-state index in [2.05, 4.69) is 59.9 Å². The number of nitrogens with one attached hydrogen (secondary N) is 1. The number of amides is 1. The van der Waals surface area contributed by atoms with Gasteiger partial charge in [0.15, 0.2) is 5.69 Å². The third-order valence-corrected chi connectivity index (χ3v) is 5.91. The van der Waals surface area contributed by atoms with Crippen molar-refractivity contribution in [3.8, 4) is 0 Å². The molecule has 28 heavy (non-hydrogen) atoms. The minimum absolute atomic E-state index is 0.157. The van der Waals surface area contributed by atoms with Crippen molar-refractivity contribution in [1.82, 2.24) is 14.9 Å². The maximum Gasteiger partial charge on any atom is 0.278 e. The molecule has 146 valence electrons. The number of aryl methyl sites for hydroxylation is 1. The predicted molar refractivity (Wildman–Crippen MR) is 110 cm³/mol. The number of anilines is 1. The molecule has 1 amide bonds. The number of benzene rings is 1. The smallest absolute Gasteiger partial charge is 0.278 e. The fraction of sp³-hybridized carbons (Fsp3) is 0.381. The second-order valence-corrected chi connectivity index (χ2v) is 8.88. The highest BCUT2D eigenvalue weighted by Gasteiger charge is 2.32. The summed E-state index contributed by atoms with van der Waals surface area (Å²) in [6, 6.07) is 8.38. The zero-order valence-corrected chi connectivity index (χ0v) is 17.2. The standard InChI is InChI=1S/C21H24N4O2S/c1-21(2)9-8-18-17(10-21)19(24-27-18)20(26)23-15-11-22-25(13-15)12-14-4-6-16(28-3)7-5-14/h4-7,11,13H,8-10,12H2,1-3H3,(H,23,26). The van der Waals surface area contributed by atoms with E-state index < -0.39 is 0 Å². The summed E-state index contributed by atoms with van der Waals surface area (Å²) >= 11 is 1.72. The maximum absolute atomic E-state index is 12.7. The van der Waals surface area contributed by atoms with Gasteiger partial charge in [-0.15, -0.1) is 11.8 Å². The molecule has 7 heteroatoms. The molecule has 1 aliphatic rings. The van der Waals surface area contributed by atoms with Gasteiger partial charge in [0.2, 0.25) is 0 Å². The van der Waals surface area contributed by atoms with Gasteiger partial charge in [-0.25, -0.2) is 0 Å². The Morgan fingerprint density at radius 1 is 1.32 bits per heavy atom. The third-order valence-electron chi connectivity index (χ3n) is 5.16. The highest BCUT2D eigenvalue weighted by atomic mass is 32.2. The van der Waals surface area contributed by atoms with Crippen LogP contribution in [0.25, 0.3) is 0 Å². The van der Waals surface area contributed by atoms with Gasteiger partial charge < -0.3 is 9.84 Å². The Balaban J connectivity index is 1.44. The summed E-state index contributed by atoms with van der Waals surface area (Å²) in [7, 11) is 0. The topological polar surface area (TPSA) is 73.0 Å². The summed E-state index contributed by atoms with van der Waals surface area (Å²) in [4.78, 5) is 14.0. The average Bonchev–Trinajstić information content (AvgIpc) is 3.28. The number of carbonyl (C=O) groups is 1. The zero-order valence-electron chi connectivity index (χ0n) is 16.4. The SMILES string of the molecule is CSc1ccc(Cn2cc(NC(=O)c3noc4c3CC(C)(C)CC4)cn2)cc1. The molecule has 2 aromatic heterocycles. The molecule has 0 unspecified atom stereocenters. The number of nitrogens with zero attached hydrogens (tertiary/aromatic N) is 3. The van der Waals surface area contributed by atoms with Crippen LogP contribution in [0.2, 0.25) is 0 Å². The molecule has 2 heterocycles. The van der Waals surface area contributed by atoms with E-state index in [0.29, 0.717) is 17.9 Å². The monoisotopic (exact) mass is 396 g/mol. The second-order valence-electron chi connectivity index (χ2n) is 8.00. The van der Waals surface area contributed by atoms with Crippen LogP contribution in [-0.2, 0) is 19.4 Å². The fourth-order valence-corrected chi connectivity index (χ4v) is 3.95. The minimum Gasteiger partial charge on any atom is -0.360 e. The van der Waals surface area contributed by atoms with Crippen molar-refractivity contribution in [3.63, 3.8) is 0 Å². The molecule has 1 aliphatic carbocycles. The van der Waals surface area contributed by atoms with Crippen LogP contribution in [-0.4, -0.2) is 27.1 Å². The summed E-state index contributed by atoms with van der Waals surface area (Å²) in [5.41, 5.74) is 3.30. The molecule has 3 aromatic rings. The highest BCUT2D eigenvalue weighted by molar-refractivity contribution is 7.98. The van der Waals surface area contributed by atoms with E-state index >= 15 is 0 Å². The van der Waals surface area contributed by atoms with Gasteiger partial charge in [0.25, 0.3) is 5.91 Å². The van der Waals surface area contributed by atoms with Crippen LogP contribution < -0.4 is 5.32 Å². The first-order valence-corrected chi connectivity index (χ1v) is 10.6. The van der Waals surface area contributed by atoms with Gasteiger partial charge in [0, 0.05) is 23.1 Å². The number of carbonyl (C=O) groups excluding carboxylic acids is 1. The first-order valence-electron chi connectivity index (χ1n) is 9.38. The molecule has 0 bridgehead atoms. The van der Waals surface area contributed by atoms with E-state index in [1.165, 1.54) is 4.90 Å². The fourth-order valence-electron chi connectivity index (χ4n) is 3.54. The molecule has 0 atom stereocenters. The van der Waals surface area contributed by atoms with E-state index in [9.17, 15) is 4.79 Å². The summed E-state index contributed by atoms with van der Waals surface area (Å²) in [6.07, 6.45) is 8.22. The lowest BCUT2D eigenvalue weighted by atomic mass is 9.76. The van der Waals surface area contributed by atoms with E-state index in [0.717, 1.165) is 36.1 Å². The molecule has 4 rings (SSSR count). The molecule has 1 aromatic carbocycles. The van der Waals surface area contributed by atoms with E-state index in [-0.39, 0.29) is 11.3 Å². The quantitative estimate of drug-likeness (QED) is 0.647. The Kier molecular flexibility index (Phi) is 5.02. The van der Waals surface area contributed by atoms with Crippen LogP contribution in [0.3, 0.4) is 0 Å². The number of fused-ring (bicyclic) bond motifs is 1. The van der Waals surface area contributed by atoms with Gasteiger partial charge in [-0.1, -0.05) is 31.1 Å². The van der Waals surface area contributed by atoms with E-state index in [1.807, 2.05) is 10.9 Å². The molecular formula is C21H24N4O2S. The summed E-state index contributed by atoms with van der Waals surface area (Å²) in [6.45, 7) is 5.07. The van der Waals surface area contributed by atoms with E-state index in [4.69, 9.17) is 4.52 Å². The first-order chi connectivity index (χ1) is 13.4. The van der Waals surface area contributed by atoms with Gasteiger partial charge in [-0.2, -0.15) is 5.10 Å². The van der Waals surface area contributed by atoms with Gasteiger partial charge >= 0.3 is 0 Å². The normalized spacial score (nSPS) is 15.2. The Bertz CT molecular complexity index is 988. The van der Waals surface area contributed by atoms with Crippen molar-refractivity contribution in [2.45, 2.75) is 44.6 Å². The number of aromatic nitrogens is 3. The lowest BCUT2D eigenvalue weighted by Gasteiger charge is -2.28. The molecule has 0 radical (unpaired) electrons. The number of rotatable bonds is 5. The minimum atomic E-state index is -0.244. The number of hydrogen-bond acceptors (Lipinski definition) is 5. The summed E-state index contributed by atoms with van der Waals surface area (Å²) < 4.78 is 7.22. The van der Waals surface area contributed by atoms with Gasteiger partial charge in [-0.05, 0) is 42.2 Å². The number of hydrogen-bond donors (Lipinski definition) is 1. The van der Waals surface area contributed by atoms with Gasteiger partial charge in [0.1, 0.15) is 5.76 Å². The van der Waals surface area contributed by atoms with Crippen molar-refractivity contribution in [3.05, 3.63) is 59.2 Å². The zero-order chi connectivity index (χ0) is 19.7. The Labute approximate surface area is 168 Å². The molecule has 0 spiro atoms. The van der Waals surface area contributed by atoms with Gasteiger partial charge in [0.05, 0.1) is 18.4 Å². The van der Waals surface area contributed by atoms with Crippen LogP contribution in [0.5, 0.6) is 0 Å². The van der Waals surface area contributed by atoms with E-state index in [1.54, 1.807) is 18.0 Å². The van der Waals surface area contributed by atoms with Crippen molar-refractivity contribution >= 4 is 23.4 Å².